The van der Waals surface area contributed by atoms with Gasteiger partial charge in [0.1, 0.15) is 0 Å². The van der Waals surface area contributed by atoms with Gasteiger partial charge in [-0.1, -0.05) is 18.2 Å². The second-order valence-electron chi connectivity index (χ2n) is 3.89. The Morgan fingerprint density at radius 2 is 1.79 bits per heavy atom. The second-order valence-corrected chi connectivity index (χ2v) is 3.89. The normalized spacial score (nSPS) is 27.7. The molecule has 0 amide bonds. The Morgan fingerprint density at radius 3 is 2.50 bits per heavy atom. The maximum absolute atomic E-state index is 6.04. The highest BCUT2D eigenvalue weighted by atomic mass is 15.2. The number of rotatable bonds is 1. The van der Waals surface area contributed by atoms with Crippen LogP contribution in [0.3, 0.4) is 0 Å². The van der Waals surface area contributed by atoms with Crippen LogP contribution in [0.5, 0.6) is 0 Å². The number of hydrogen-bond acceptors (Lipinski definition) is 3. The molecule has 14 heavy (non-hydrogen) atoms. The molecule has 1 heterocycles. The summed E-state index contributed by atoms with van der Waals surface area (Å²) in [5.74, 6) is 0. The zero-order valence-electron chi connectivity index (χ0n) is 8.26. The van der Waals surface area contributed by atoms with Gasteiger partial charge in [-0.15, -0.1) is 0 Å². The van der Waals surface area contributed by atoms with Crippen molar-refractivity contribution in [3.8, 4) is 0 Å². The number of hydrogen-bond donors (Lipinski definition) is 2. The summed E-state index contributed by atoms with van der Waals surface area (Å²) in [5.41, 5.74) is 13.1. The molecule has 0 bridgehead atoms. The van der Waals surface area contributed by atoms with Crippen molar-refractivity contribution in [2.24, 2.45) is 11.5 Å². The van der Waals surface area contributed by atoms with Gasteiger partial charge in [0, 0.05) is 18.3 Å². The molecule has 1 aliphatic rings. The number of benzene rings is 1. The molecule has 1 saturated heterocycles. The summed E-state index contributed by atoms with van der Waals surface area (Å²) in [6, 6.07) is 10.5. The lowest BCUT2D eigenvalue weighted by Gasteiger charge is -2.38. The molecule has 3 heteroatoms. The molecule has 0 radical (unpaired) electrons. The molecule has 1 aliphatic heterocycles. The Labute approximate surface area is 84.7 Å². The van der Waals surface area contributed by atoms with Crippen molar-refractivity contribution in [2.45, 2.75) is 25.0 Å². The Balaban J connectivity index is 2.16. The molecule has 0 aromatic heterocycles. The first-order chi connectivity index (χ1) is 6.77. The van der Waals surface area contributed by atoms with Crippen molar-refractivity contribution in [3.63, 3.8) is 0 Å². The lowest BCUT2D eigenvalue weighted by molar-refractivity contribution is 0.425. The topological polar surface area (TPSA) is 55.3 Å². The van der Waals surface area contributed by atoms with Gasteiger partial charge in [-0.2, -0.15) is 0 Å². The minimum absolute atomic E-state index is 0.122. The van der Waals surface area contributed by atoms with Crippen molar-refractivity contribution >= 4 is 5.69 Å². The van der Waals surface area contributed by atoms with E-state index in [-0.39, 0.29) is 12.2 Å². The zero-order chi connectivity index (χ0) is 9.97. The summed E-state index contributed by atoms with van der Waals surface area (Å²) in [6.45, 7) is 0.866. The van der Waals surface area contributed by atoms with Crippen LogP contribution in [0.15, 0.2) is 30.3 Å². The van der Waals surface area contributed by atoms with Gasteiger partial charge in [-0.3, -0.25) is 0 Å². The Kier molecular flexibility index (Phi) is 2.70. The van der Waals surface area contributed by atoms with Gasteiger partial charge in [0.15, 0.2) is 0 Å². The van der Waals surface area contributed by atoms with Crippen molar-refractivity contribution in [3.05, 3.63) is 30.3 Å². The minimum atomic E-state index is 0.122. The quantitative estimate of drug-likeness (QED) is 0.693. The van der Waals surface area contributed by atoms with Gasteiger partial charge < -0.3 is 16.4 Å². The van der Waals surface area contributed by atoms with E-state index in [9.17, 15) is 0 Å². The van der Waals surface area contributed by atoms with Gasteiger partial charge in [-0.05, 0) is 25.0 Å². The van der Waals surface area contributed by atoms with Crippen molar-refractivity contribution in [1.29, 1.82) is 0 Å². The standard InChI is InChI=1S/C11H17N3/c12-9-6-7-11(13)14(8-9)10-4-2-1-3-5-10/h1-5,9,11H,6-8,12-13H2. The summed E-state index contributed by atoms with van der Waals surface area (Å²) < 4.78 is 0. The van der Waals surface area contributed by atoms with Gasteiger partial charge in [-0.25, -0.2) is 0 Å². The van der Waals surface area contributed by atoms with Crippen molar-refractivity contribution in [1.82, 2.24) is 0 Å². The molecule has 1 fully saturated rings. The Morgan fingerprint density at radius 1 is 1.07 bits per heavy atom. The van der Waals surface area contributed by atoms with E-state index in [4.69, 9.17) is 11.5 Å². The fraction of sp³-hybridized carbons (Fsp3) is 0.455. The predicted octanol–water partition coefficient (Wildman–Crippen LogP) is 0.899. The van der Waals surface area contributed by atoms with Gasteiger partial charge in [0.2, 0.25) is 0 Å². The molecule has 2 rings (SSSR count). The van der Waals surface area contributed by atoms with E-state index in [1.165, 1.54) is 5.69 Å². The molecular weight excluding hydrogens is 174 g/mol. The van der Waals surface area contributed by atoms with Crippen LogP contribution < -0.4 is 16.4 Å². The Hall–Kier alpha value is -1.06. The summed E-state index contributed by atoms with van der Waals surface area (Å²) >= 11 is 0. The van der Waals surface area contributed by atoms with Crippen LogP contribution in [0.1, 0.15) is 12.8 Å². The smallest absolute Gasteiger partial charge is 0.0772 e. The van der Waals surface area contributed by atoms with Crippen LogP contribution in [0.4, 0.5) is 5.69 Å². The lowest BCUT2D eigenvalue weighted by Crippen LogP contribution is -2.52. The van der Waals surface area contributed by atoms with Crippen molar-refractivity contribution < 1.29 is 0 Å². The summed E-state index contributed by atoms with van der Waals surface area (Å²) in [5, 5.41) is 0. The van der Waals surface area contributed by atoms with Crippen LogP contribution in [0, 0.1) is 0 Å². The molecule has 1 aromatic carbocycles. The monoisotopic (exact) mass is 191 g/mol. The number of anilines is 1. The molecule has 76 valence electrons. The summed E-state index contributed by atoms with van der Waals surface area (Å²) in [4.78, 5) is 2.19. The van der Waals surface area contributed by atoms with E-state index in [1.54, 1.807) is 0 Å². The van der Waals surface area contributed by atoms with E-state index in [2.05, 4.69) is 17.0 Å². The van der Waals surface area contributed by atoms with Gasteiger partial charge >= 0.3 is 0 Å². The third-order valence-electron chi connectivity index (χ3n) is 2.75. The van der Waals surface area contributed by atoms with Gasteiger partial charge in [0.05, 0.1) is 6.17 Å². The molecule has 2 atom stereocenters. The Bertz CT molecular complexity index is 286. The maximum atomic E-state index is 6.04. The van der Waals surface area contributed by atoms with Crippen LogP contribution >= 0.6 is 0 Å². The molecule has 0 saturated carbocycles. The molecule has 3 nitrogen and oxygen atoms in total. The van der Waals surface area contributed by atoms with E-state index >= 15 is 0 Å². The predicted molar refractivity (Wildman–Crippen MR) is 59.0 cm³/mol. The van der Waals surface area contributed by atoms with E-state index in [0.29, 0.717) is 0 Å². The molecule has 1 aromatic rings. The first kappa shape index (κ1) is 9.49. The third-order valence-corrected chi connectivity index (χ3v) is 2.75. The third kappa shape index (κ3) is 1.89. The molecule has 0 aliphatic carbocycles. The highest BCUT2D eigenvalue weighted by Crippen LogP contribution is 2.21. The first-order valence-electron chi connectivity index (χ1n) is 5.10. The van der Waals surface area contributed by atoms with Crippen molar-refractivity contribution in [2.75, 3.05) is 11.4 Å². The SMILES string of the molecule is NC1CCC(N)N(c2ccccc2)C1. The fourth-order valence-corrected chi connectivity index (χ4v) is 1.94. The van der Waals surface area contributed by atoms with Crippen LogP contribution in [-0.2, 0) is 0 Å². The number of nitrogens with zero attached hydrogens (tertiary/aromatic N) is 1. The van der Waals surface area contributed by atoms with Crippen LogP contribution in [0.2, 0.25) is 0 Å². The fourth-order valence-electron chi connectivity index (χ4n) is 1.94. The molecule has 0 spiro atoms. The number of nitrogens with two attached hydrogens (primary N) is 2. The van der Waals surface area contributed by atoms with E-state index in [1.807, 2.05) is 18.2 Å². The maximum Gasteiger partial charge on any atom is 0.0772 e. The number of para-hydroxylation sites is 1. The summed E-state index contributed by atoms with van der Waals surface area (Å²) in [7, 11) is 0. The highest BCUT2D eigenvalue weighted by molar-refractivity contribution is 5.47. The zero-order valence-corrected chi connectivity index (χ0v) is 8.26. The van der Waals surface area contributed by atoms with E-state index in [0.717, 1.165) is 19.4 Å². The average Bonchev–Trinajstić information content (AvgIpc) is 2.23. The molecular formula is C11H17N3. The molecule has 2 unspecified atom stereocenters. The average molecular weight is 191 g/mol. The number of piperidine rings is 1. The largest absolute Gasteiger partial charge is 0.355 e. The minimum Gasteiger partial charge on any atom is -0.355 e. The summed E-state index contributed by atoms with van der Waals surface area (Å²) in [6.07, 6.45) is 2.14. The van der Waals surface area contributed by atoms with Crippen LogP contribution in [-0.4, -0.2) is 18.8 Å². The van der Waals surface area contributed by atoms with E-state index < -0.39 is 0 Å². The lowest BCUT2D eigenvalue weighted by atomic mass is 10.0. The van der Waals surface area contributed by atoms with Crippen LogP contribution in [0.25, 0.3) is 0 Å². The molecule has 4 N–H and O–H groups in total. The second kappa shape index (κ2) is 3.98. The van der Waals surface area contributed by atoms with Gasteiger partial charge in [0.25, 0.3) is 0 Å². The highest BCUT2D eigenvalue weighted by Gasteiger charge is 2.23. The first-order valence-corrected chi connectivity index (χ1v) is 5.10.